The highest BCUT2D eigenvalue weighted by molar-refractivity contribution is 7.99. The quantitative estimate of drug-likeness (QED) is 0.599. The lowest BCUT2D eigenvalue weighted by Crippen LogP contribution is -2.15. The van der Waals surface area contributed by atoms with Crippen molar-refractivity contribution in [2.45, 2.75) is 25.5 Å². The third-order valence-electron chi connectivity index (χ3n) is 3.95. The van der Waals surface area contributed by atoms with Crippen LogP contribution in [0.5, 0.6) is 0 Å². The molecule has 1 heterocycles. The summed E-state index contributed by atoms with van der Waals surface area (Å²) in [7, 11) is 0. The van der Waals surface area contributed by atoms with Crippen LogP contribution in [0.25, 0.3) is 11.4 Å². The molecule has 0 spiro atoms. The molecular formula is C19H18ClFN4OS. The number of benzene rings is 2. The minimum absolute atomic E-state index is 0.0608. The van der Waals surface area contributed by atoms with Gasteiger partial charge in [0.1, 0.15) is 5.82 Å². The Morgan fingerprint density at radius 2 is 2.04 bits per heavy atom. The van der Waals surface area contributed by atoms with Crippen LogP contribution in [0.1, 0.15) is 12.5 Å². The van der Waals surface area contributed by atoms with Gasteiger partial charge in [0.25, 0.3) is 0 Å². The van der Waals surface area contributed by atoms with E-state index in [0.29, 0.717) is 16.7 Å². The highest BCUT2D eigenvalue weighted by Crippen LogP contribution is 2.26. The van der Waals surface area contributed by atoms with E-state index < -0.39 is 5.82 Å². The number of carbonyl (C=O) groups excluding carboxylic acids is 1. The fourth-order valence-electron chi connectivity index (χ4n) is 2.61. The summed E-state index contributed by atoms with van der Waals surface area (Å²) in [6.07, 6.45) is 0. The molecule has 1 N–H and O–H groups in total. The van der Waals surface area contributed by atoms with Gasteiger partial charge >= 0.3 is 0 Å². The summed E-state index contributed by atoms with van der Waals surface area (Å²) in [5.74, 6) is -0.0299. The van der Waals surface area contributed by atoms with Crippen LogP contribution in [-0.4, -0.2) is 26.4 Å². The number of carbonyl (C=O) groups is 1. The van der Waals surface area contributed by atoms with Crippen LogP contribution < -0.4 is 5.32 Å². The summed E-state index contributed by atoms with van der Waals surface area (Å²) in [4.78, 5) is 12.2. The zero-order chi connectivity index (χ0) is 19.4. The predicted octanol–water partition coefficient (Wildman–Crippen LogP) is 4.80. The predicted molar refractivity (Wildman–Crippen MR) is 107 cm³/mol. The van der Waals surface area contributed by atoms with E-state index in [2.05, 4.69) is 15.5 Å². The summed E-state index contributed by atoms with van der Waals surface area (Å²) >= 11 is 7.09. The van der Waals surface area contributed by atoms with Gasteiger partial charge in [-0.05, 0) is 37.6 Å². The van der Waals surface area contributed by atoms with E-state index in [1.54, 1.807) is 0 Å². The molecule has 0 bridgehead atoms. The average Bonchev–Trinajstić information content (AvgIpc) is 3.06. The minimum atomic E-state index is -0.531. The van der Waals surface area contributed by atoms with Crippen molar-refractivity contribution < 1.29 is 9.18 Å². The molecule has 0 atom stereocenters. The first-order chi connectivity index (χ1) is 13.0. The SMILES string of the molecule is CCn1c(SCC(=O)Nc2cc(Cl)ccc2F)nnc1-c1ccccc1C. The maximum absolute atomic E-state index is 13.7. The molecule has 5 nitrogen and oxygen atoms in total. The third-order valence-corrected chi connectivity index (χ3v) is 5.16. The Hall–Kier alpha value is -2.38. The van der Waals surface area contributed by atoms with Gasteiger partial charge in [0, 0.05) is 17.1 Å². The molecule has 8 heteroatoms. The maximum Gasteiger partial charge on any atom is 0.234 e. The van der Waals surface area contributed by atoms with E-state index in [-0.39, 0.29) is 17.3 Å². The highest BCUT2D eigenvalue weighted by Gasteiger charge is 2.16. The van der Waals surface area contributed by atoms with Crippen LogP contribution in [0.3, 0.4) is 0 Å². The lowest BCUT2D eigenvalue weighted by atomic mass is 10.1. The van der Waals surface area contributed by atoms with Crippen molar-refractivity contribution in [3.8, 4) is 11.4 Å². The highest BCUT2D eigenvalue weighted by atomic mass is 35.5. The van der Waals surface area contributed by atoms with Gasteiger partial charge in [-0.1, -0.05) is 47.6 Å². The van der Waals surface area contributed by atoms with E-state index in [1.807, 2.05) is 42.7 Å². The van der Waals surface area contributed by atoms with Crippen molar-refractivity contribution in [3.05, 3.63) is 58.9 Å². The molecule has 27 heavy (non-hydrogen) atoms. The second-order valence-electron chi connectivity index (χ2n) is 5.83. The Morgan fingerprint density at radius 3 is 2.78 bits per heavy atom. The van der Waals surface area contributed by atoms with Gasteiger partial charge in [0.2, 0.25) is 5.91 Å². The van der Waals surface area contributed by atoms with Gasteiger partial charge in [-0.2, -0.15) is 0 Å². The molecule has 0 aliphatic rings. The number of thioether (sulfide) groups is 1. The van der Waals surface area contributed by atoms with Crippen molar-refractivity contribution in [2.24, 2.45) is 0 Å². The molecule has 1 aromatic heterocycles. The van der Waals surface area contributed by atoms with Crippen molar-refractivity contribution >= 4 is 35.0 Å². The van der Waals surface area contributed by atoms with Gasteiger partial charge < -0.3 is 9.88 Å². The zero-order valence-electron chi connectivity index (χ0n) is 14.9. The first kappa shape index (κ1) is 19.4. The topological polar surface area (TPSA) is 59.8 Å². The molecule has 3 aromatic rings. The minimum Gasteiger partial charge on any atom is -0.323 e. The number of aryl methyl sites for hydroxylation is 1. The van der Waals surface area contributed by atoms with Crippen molar-refractivity contribution in [2.75, 3.05) is 11.1 Å². The van der Waals surface area contributed by atoms with Crippen molar-refractivity contribution in [1.29, 1.82) is 0 Å². The Morgan fingerprint density at radius 1 is 1.26 bits per heavy atom. The first-order valence-electron chi connectivity index (χ1n) is 8.36. The van der Waals surface area contributed by atoms with Crippen molar-refractivity contribution in [3.63, 3.8) is 0 Å². The standard InChI is InChI=1S/C19H18ClFN4OS/c1-3-25-18(14-7-5-4-6-12(14)2)23-24-19(25)27-11-17(26)22-16-10-13(20)8-9-15(16)21/h4-10H,3,11H2,1-2H3,(H,22,26). The largest absolute Gasteiger partial charge is 0.323 e. The summed E-state index contributed by atoms with van der Waals surface area (Å²) < 4.78 is 15.7. The molecule has 0 saturated heterocycles. The molecule has 2 aromatic carbocycles. The summed E-state index contributed by atoms with van der Waals surface area (Å²) in [6.45, 7) is 4.68. The normalized spacial score (nSPS) is 10.8. The van der Waals surface area contributed by atoms with E-state index >= 15 is 0 Å². The molecule has 3 rings (SSSR count). The Kier molecular flexibility index (Phi) is 6.13. The number of halogens is 2. The first-order valence-corrected chi connectivity index (χ1v) is 9.73. The van der Waals surface area contributed by atoms with E-state index in [0.717, 1.165) is 17.0 Å². The Labute approximate surface area is 166 Å². The number of aromatic nitrogens is 3. The van der Waals surface area contributed by atoms with Gasteiger partial charge in [0.05, 0.1) is 11.4 Å². The Balaban J connectivity index is 1.72. The van der Waals surface area contributed by atoms with E-state index in [4.69, 9.17) is 11.6 Å². The Bertz CT molecular complexity index is 976. The van der Waals surface area contributed by atoms with Crippen LogP contribution in [-0.2, 0) is 11.3 Å². The molecule has 0 unspecified atom stereocenters. The molecule has 0 saturated carbocycles. The van der Waals surface area contributed by atoms with Gasteiger partial charge in [-0.25, -0.2) is 4.39 Å². The number of nitrogens with zero attached hydrogens (tertiary/aromatic N) is 3. The molecule has 0 aliphatic carbocycles. The van der Waals surface area contributed by atoms with Gasteiger partial charge in [-0.15, -0.1) is 10.2 Å². The van der Waals surface area contributed by atoms with Crippen molar-refractivity contribution in [1.82, 2.24) is 14.8 Å². The molecule has 0 radical (unpaired) electrons. The van der Waals surface area contributed by atoms with Crippen LogP contribution in [0.15, 0.2) is 47.6 Å². The summed E-state index contributed by atoms with van der Waals surface area (Å²) in [6, 6.07) is 12.0. The monoisotopic (exact) mass is 404 g/mol. The summed E-state index contributed by atoms with van der Waals surface area (Å²) in [5.41, 5.74) is 2.17. The molecular weight excluding hydrogens is 387 g/mol. The van der Waals surface area contributed by atoms with Gasteiger partial charge in [-0.3, -0.25) is 4.79 Å². The van der Waals surface area contributed by atoms with Crippen LogP contribution in [0, 0.1) is 12.7 Å². The number of rotatable bonds is 6. The van der Waals surface area contributed by atoms with E-state index in [9.17, 15) is 9.18 Å². The number of amides is 1. The second-order valence-corrected chi connectivity index (χ2v) is 7.21. The maximum atomic E-state index is 13.7. The van der Waals surface area contributed by atoms with E-state index in [1.165, 1.54) is 30.0 Å². The lowest BCUT2D eigenvalue weighted by Gasteiger charge is -2.09. The molecule has 1 amide bonds. The lowest BCUT2D eigenvalue weighted by molar-refractivity contribution is -0.113. The third kappa shape index (κ3) is 4.48. The molecule has 140 valence electrons. The smallest absolute Gasteiger partial charge is 0.234 e. The number of nitrogens with one attached hydrogen (secondary N) is 1. The number of hydrogen-bond donors (Lipinski definition) is 1. The fraction of sp³-hybridized carbons (Fsp3) is 0.211. The average molecular weight is 405 g/mol. The fourth-order valence-corrected chi connectivity index (χ4v) is 3.59. The van der Waals surface area contributed by atoms with Gasteiger partial charge in [0.15, 0.2) is 11.0 Å². The van der Waals surface area contributed by atoms with Crippen LogP contribution >= 0.6 is 23.4 Å². The summed E-state index contributed by atoms with van der Waals surface area (Å²) in [5, 5.41) is 12.0. The number of hydrogen-bond acceptors (Lipinski definition) is 4. The van der Waals surface area contributed by atoms with Crippen LogP contribution in [0.4, 0.5) is 10.1 Å². The zero-order valence-corrected chi connectivity index (χ0v) is 16.4. The second kappa shape index (κ2) is 8.54. The van der Waals surface area contributed by atoms with Crippen LogP contribution in [0.2, 0.25) is 5.02 Å². The molecule has 0 aliphatic heterocycles. The number of anilines is 1. The molecule has 0 fully saturated rings.